The molecule has 6 heterocycles. The molecule has 1 aliphatic carbocycles. The van der Waals surface area contributed by atoms with E-state index < -0.39 is 0 Å². The summed E-state index contributed by atoms with van der Waals surface area (Å²) in [6.07, 6.45) is 30.7. The van der Waals surface area contributed by atoms with Crippen molar-refractivity contribution in [2.45, 2.75) is 105 Å². The summed E-state index contributed by atoms with van der Waals surface area (Å²) in [5, 5.41) is 2.36. The number of nitrogens with zero attached hydrogens (tertiary/aromatic N) is 4. The molecular weight excluding hydrogens is 889 g/mol. The topological polar surface area (TPSA) is 133 Å². The van der Waals surface area contributed by atoms with Gasteiger partial charge in [0, 0.05) is 64.6 Å². The molecule has 0 amide bonds. The van der Waals surface area contributed by atoms with Crippen LogP contribution in [-0.4, -0.2) is 39.9 Å². The number of benzene rings is 5. The fourth-order valence-corrected chi connectivity index (χ4v) is 10.2. The number of fused-ring (bicyclic) bond motifs is 12. The maximum absolute atomic E-state index is 6.27. The van der Waals surface area contributed by atoms with Crippen molar-refractivity contribution in [3.63, 3.8) is 0 Å². The largest absolute Gasteiger partial charge is 0.488 e. The molecule has 0 atom stereocenters. The number of aromatic nitrogens is 8. The van der Waals surface area contributed by atoms with Crippen molar-refractivity contribution in [2.75, 3.05) is 0 Å². The molecule has 2 aliphatic heterocycles. The highest BCUT2D eigenvalue weighted by atomic mass is 16.5. The molecule has 3 aliphatic rings. The van der Waals surface area contributed by atoms with Crippen LogP contribution in [0.15, 0.2) is 134 Å². The van der Waals surface area contributed by atoms with Crippen molar-refractivity contribution in [1.82, 2.24) is 39.9 Å². The third kappa shape index (κ3) is 9.49. The summed E-state index contributed by atoms with van der Waals surface area (Å²) in [6.45, 7) is 9.70. The number of nitrogens with one attached hydrogen (secondary N) is 4. The van der Waals surface area contributed by atoms with E-state index in [1.807, 2.05) is 12.4 Å². The summed E-state index contributed by atoms with van der Waals surface area (Å²) >= 11 is 0. The Morgan fingerprint density at radius 3 is 1.61 bits per heavy atom. The van der Waals surface area contributed by atoms with Gasteiger partial charge >= 0.3 is 0 Å². The predicted octanol–water partition coefficient (Wildman–Crippen LogP) is 14.8. The zero-order chi connectivity index (χ0) is 49.0. The molecule has 10 heteroatoms. The van der Waals surface area contributed by atoms with Crippen molar-refractivity contribution >= 4 is 21.8 Å². The highest BCUT2D eigenvalue weighted by Crippen LogP contribution is 2.45. The van der Waals surface area contributed by atoms with Crippen LogP contribution in [-0.2, 0) is 51.7 Å². The third-order valence-corrected chi connectivity index (χ3v) is 13.8. The summed E-state index contributed by atoms with van der Waals surface area (Å²) in [5.74, 6) is 5.84. The van der Waals surface area contributed by atoms with Crippen molar-refractivity contribution in [2.24, 2.45) is 0 Å². The molecular formula is C62H62N8O2. The molecule has 0 spiro atoms. The van der Waals surface area contributed by atoms with Gasteiger partial charge in [0.25, 0.3) is 0 Å². The fourth-order valence-electron chi connectivity index (χ4n) is 10.2. The first-order chi connectivity index (χ1) is 35.5. The lowest BCUT2D eigenvalue weighted by Crippen LogP contribution is -2.10. The first-order valence-corrected chi connectivity index (χ1v) is 25.9. The zero-order valence-electron chi connectivity index (χ0n) is 41.8. The van der Waals surface area contributed by atoms with Crippen molar-refractivity contribution < 1.29 is 9.47 Å². The van der Waals surface area contributed by atoms with Gasteiger partial charge in [0.15, 0.2) is 0 Å². The summed E-state index contributed by atoms with van der Waals surface area (Å²) in [6, 6.07) is 26.4. The van der Waals surface area contributed by atoms with Gasteiger partial charge in [-0.25, -0.2) is 19.9 Å². The van der Waals surface area contributed by atoms with Crippen LogP contribution in [0.25, 0.3) is 77.8 Å². The third-order valence-electron chi connectivity index (χ3n) is 13.8. The van der Waals surface area contributed by atoms with Gasteiger partial charge in [0.05, 0.1) is 40.5 Å². The van der Waals surface area contributed by atoms with Gasteiger partial charge < -0.3 is 29.4 Å². The molecule has 0 saturated carbocycles. The lowest BCUT2D eigenvalue weighted by Gasteiger charge is -2.25. The number of imidazole rings is 4. The van der Waals surface area contributed by atoms with Crippen molar-refractivity contribution in [1.29, 1.82) is 0 Å². The SMILES string of the molecule is CCC=CCc1ncc(-c2ccc3c(c2)OCc2cc4c(cc2-3)CCc2[nH]c(CC=CCC)nc2-4)[nH]1.CCC=CCc1ncc(-c2ccc3c(c2)OCc2cc4c(ccc5[nH]c(CC=CCC)nc54)cc2-3)[nH]1. The van der Waals surface area contributed by atoms with Crippen LogP contribution in [0, 0.1) is 0 Å². The first kappa shape index (κ1) is 46.4. The molecule has 5 aromatic carbocycles. The summed E-state index contributed by atoms with van der Waals surface area (Å²) < 4.78 is 12.5. The number of rotatable bonds is 14. The molecule has 10 nitrogen and oxygen atoms in total. The number of allylic oxidation sites excluding steroid dienone is 8. The maximum Gasteiger partial charge on any atom is 0.128 e. The Kier molecular flexibility index (Phi) is 13.4. The number of hydrogen-bond donors (Lipinski definition) is 4. The van der Waals surface area contributed by atoms with Gasteiger partial charge in [-0.1, -0.05) is 94.5 Å². The summed E-state index contributed by atoms with van der Waals surface area (Å²) in [5.41, 5.74) is 18.5. The van der Waals surface area contributed by atoms with Gasteiger partial charge in [-0.15, -0.1) is 0 Å². The van der Waals surface area contributed by atoms with E-state index in [2.05, 4.69) is 179 Å². The minimum atomic E-state index is 0.546. The lowest BCUT2D eigenvalue weighted by atomic mass is 9.85. The average Bonchev–Trinajstić information content (AvgIpc) is 4.25. The molecule has 4 aromatic heterocycles. The van der Waals surface area contributed by atoms with Crippen LogP contribution >= 0.6 is 0 Å². The lowest BCUT2D eigenvalue weighted by molar-refractivity contribution is 0.302. The number of aryl methyl sites for hydroxylation is 2. The quantitative estimate of drug-likeness (QED) is 0.0803. The Hall–Kier alpha value is -7.98. The Bertz CT molecular complexity index is 3560. The second kappa shape index (κ2) is 20.8. The number of hydrogen-bond acceptors (Lipinski definition) is 6. The zero-order valence-corrected chi connectivity index (χ0v) is 41.8. The van der Waals surface area contributed by atoms with Crippen molar-refractivity contribution in [3.8, 4) is 67.5 Å². The molecule has 4 N–H and O–H groups in total. The molecule has 362 valence electrons. The molecule has 0 bridgehead atoms. The highest BCUT2D eigenvalue weighted by Gasteiger charge is 2.26. The predicted molar refractivity (Wildman–Crippen MR) is 292 cm³/mol. The van der Waals surface area contributed by atoms with Crippen LogP contribution in [0.4, 0.5) is 0 Å². The monoisotopic (exact) mass is 950 g/mol. The molecule has 0 fully saturated rings. The van der Waals surface area contributed by atoms with E-state index >= 15 is 0 Å². The summed E-state index contributed by atoms with van der Waals surface area (Å²) in [7, 11) is 0. The van der Waals surface area contributed by atoms with E-state index in [-0.39, 0.29) is 0 Å². The number of aromatic amines is 4. The van der Waals surface area contributed by atoms with E-state index in [1.54, 1.807) is 0 Å². The van der Waals surface area contributed by atoms with Gasteiger partial charge in [-0.3, -0.25) is 0 Å². The van der Waals surface area contributed by atoms with Gasteiger partial charge in [0.1, 0.15) is 48.0 Å². The second-order valence-electron chi connectivity index (χ2n) is 18.9. The molecule has 9 aromatic rings. The Morgan fingerprint density at radius 1 is 0.472 bits per heavy atom. The molecule has 0 radical (unpaired) electrons. The van der Waals surface area contributed by atoms with E-state index in [1.165, 1.54) is 49.8 Å². The first-order valence-electron chi connectivity index (χ1n) is 25.9. The molecule has 72 heavy (non-hydrogen) atoms. The van der Waals surface area contributed by atoms with Crippen LogP contribution in [0.1, 0.15) is 99.1 Å². The van der Waals surface area contributed by atoms with E-state index in [9.17, 15) is 0 Å². The summed E-state index contributed by atoms with van der Waals surface area (Å²) in [4.78, 5) is 32.9. The normalized spacial score (nSPS) is 13.5. The van der Waals surface area contributed by atoms with Crippen LogP contribution < -0.4 is 9.47 Å². The number of H-pyrrole nitrogens is 4. The van der Waals surface area contributed by atoms with E-state index in [0.29, 0.717) is 13.2 Å². The fraction of sp³-hybridized carbons (Fsp3) is 0.258. The second-order valence-corrected chi connectivity index (χ2v) is 18.9. The highest BCUT2D eigenvalue weighted by molar-refractivity contribution is 6.06. The Labute approximate surface area is 421 Å². The van der Waals surface area contributed by atoms with E-state index in [4.69, 9.17) is 19.4 Å². The van der Waals surface area contributed by atoms with Gasteiger partial charge in [-0.05, 0) is 126 Å². The van der Waals surface area contributed by atoms with Gasteiger partial charge in [-0.2, -0.15) is 0 Å². The Balaban J connectivity index is 0.000000156. The Morgan fingerprint density at radius 2 is 1.01 bits per heavy atom. The smallest absolute Gasteiger partial charge is 0.128 e. The molecule has 0 saturated heterocycles. The minimum absolute atomic E-state index is 0.546. The molecule has 0 unspecified atom stereocenters. The molecule has 12 rings (SSSR count). The maximum atomic E-state index is 6.27. The van der Waals surface area contributed by atoms with E-state index in [0.717, 1.165) is 149 Å². The number of ether oxygens (including phenoxy) is 2. The van der Waals surface area contributed by atoms with Crippen LogP contribution in [0.5, 0.6) is 11.5 Å². The average molecular weight is 951 g/mol. The minimum Gasteiger partial charge on any atom is -0.488 e. The van der Waals surface area contributed by atoms with Crippen LogP contribution in [0.3, 0.4) is 0 Å². The van der Waals surface area contributed by atoms with Crippen molar-refractivity contribution in [3.05, 3.63) is 179 Å². The van der Waals surface area contributed by atoms with Gasteiger partial charge in [0.2, 0.25) is 0 Å². The van der Waals surface area contributed by atoms with Crippen LogP contribution in [0.2, 0.25) is 0 Å². The standard InChI is InChI=1S/C31H32N4O.C31H30N4O/c2*1-3-5-7-9-29-32-18-27(34-29)21-11-13-23-24-15-20-12-14-26-31(35-30(33-26)10-8-6-4-2)25(20)16-22(24)19-36-28(23)17-21/h5-8,11,13,15-18H,3-4,9-10,12,14,19H2,1-2H3,(H,32,34)(H,33,35);5-8,11-18H,3-4,9-10,19H2,1-2H3,(H,32,34)(H,33,35).